The quantitative estimate of drug-likeness (QED) is 0.331. The van der Waals surface area contributed by atoms with Crippen LogP contribution in [-0.4, -0.2) is 47.1 Å². The number of aromatic nitrogens is 1. The molecule has 1 aromatic carbocycles. The molecule has 0 spiro atoms. The fourth-order valence-electron chi connectivity index (χ4n) is 4.65. The molecule has 0 aliphatic heterocycles. The molecule has 38 heavy (non-hydrogen) atoms. The molecule has 0 fully saturated rings. The summed E-state index contributed by atoms with van der Waals surface area (Å²) in [7, 11) is 3.97. The monoisotopic (exact) mass is 537 g/mol. The molecule has 0 unspecified atom stereocenters. The van der Waals surface area contributed by atoms with Crippen LogP contribution in [0.4, 0.5) is 0 Å². The van der Waals surface area contributed by atoms with Crippen LogP contribution in [0.1, 0.15) is 61.0 Å². The summed E-state index contributed by atoms with van der Waals surface area (Å²) < 4.78 is 1.47. The van der Waals surface area contributed by atoms with Crippen molar-refractivity contribution < 1.29 is 14.7 Å². The van der Waals surface area contributed by atoms with E-state index in [0.717, 1.165) is 45.7 Å². The first-order valence-electron chi connectivity index (χ1n) is 13.0. The molecular weight excluding hydrogens is 498 g/mol. The van der Waals surface area contributed by atoms with E-state index in [-0.39, 0.29) is 23.8 Å². The molecule has 7 nitrogen and oxygen atoms in total. The Balaban J connectivity index is 1.90. The zero-order valence-corrected chi connectivity index (χ0v) is 24.0. The third kappa shape index (κ3) is 7.65. The third-order valence-electron chi connectivity index (χ3n) is 6.64. The van der Waals surface area contributed by atoms with Gasteiger partial charge in [0.25, 0.3) is 5.56 Å². The number of aliphatic carboxylic acids is 1. The van der Waals surface area contributed by atoms with Crippen molar-refractivity contribution in [2.24, 2.45) is 5.92 Å². The zero-order chi connectivity index (χ0) is 28.0. The predicted molar refractivity (Wildman–Crippen MR) is 154 cm³/mol. The molecule has 0 saturated carbocycles. The molecule has 0 aliphatic carbocycles. The van der Waals surface area contributed by atoms with Crippen molar-refractivity contribution in [3.05, 3.63) is 80.6 Å². The summed E-state index contributed by atoms with van der Waals surface area (Å²) in [5.74, 6) is -1.20. The average molecular weight is 538 g/mol. The fourth-order valence-corrected chi connectivity index (χ4v) is 5.79. The molecule has 8 heteroatoms. The molecule has 1 amide bonds. The summed E-state index contributed by atoms with van der Waals surface area (Å²) in [6.07, 6.45) is 2.64. The number of hydrogen-bond donors (Lipinski definition) is 2. The number of amides is 1. The largest absolute Gasteiger partial charge is 0.481 e. The Morgan fingerprint density at radius 1 is 1.11 bits per heavy atom. The second kappa shape index (κ2) is 13.0. The number of nitrogens with zero attached hydrogens (tertiary/aromatic N) is 2. The number of benzene rings is 1. The van der Waals surface area contributed by atoms with Crippen LogP contribution in [0.3, 0.4) is 0 Å². The van der Waals surface area contributed by atoms with Gasteiger partial charge in [-0.2, -0.15) is 0 Å². The van der Waals surface area contributed by atoms with Gasteiger partial charge in [-0.1, -0.05) is 32.0 Å². The van der Waals surface area contributed by atoms with Crippen LogP contribution in [0.25, 0.3) is 10.4 Å². The Morgan fingerprint density at radius 3 is 2.37 bits per heavy atom. The first kappa shape index (κ1) is 29.3. The number of carboxylic acid groups (broad SMARTS) is 1. The lowest BCUT2D eigenvalue weighted by Gasteiger charge is -2.24. The van der Waals surface area contributed by atoms with E-state index in [1.165, 1.54) is 15.9 Å². The van der Waals surface area contributed by atoms with Crippen LogP contribution in [-0.2, 0) is 16.0 Å². The van der Waals surface area contributed by atoms with Gasteiger partial charge in [-0.15, -0.1) is 11.3 Å². The standard InChI is InChI=1S/C30H39N3O4S/c1-19(2)14-25(33-13-11-22(15-27(33)34)10-12-32(5)6)30(37)31-24(17-28(35)36)23-16-26(38-18-23)29-20(3)8-7-9-21(29)4/h7-9,11,13,15-16,18-19,24-25H,10,12,14,17H2,1-6H3,(H,31,37)(H,35,36)/t24-,25-/m0/s1. The molecule has 0 bridgehead atoms. The van der Waals surface area contributed by atoms with E-state index in [4.69, 9.17) is 0 Å². The second-order valence-electron chi connectivity index (χ2n) is 10.6. The number of hydrogen-bond acceptors (Lipinski definition) is 5. The highest BCUT2D eigenvalue weighted by molar-refractivity contribution is 7.13. The topological polar surface area (TPSA) is 91.6 Å². The van der Waals surface area contributed by atoms with Crippen molar-refractivity contribution in [3.63, 3.8) is 0 Å². The minimum atomic E-state index is -1.00. The molecule has 3 rings (SSSR count). The van der Waals surface area contributed by atoms with Crippen molar-refractivity contribution in [1.82, 2.24) is 14.8 Å². The van der Waals surface area contributed by atoms with E-state index in [1.807, 2.05) is 51.5 Å². The van der Waals surface area contributed by atoms with Crippen LogP contribution in [0.5, 0.6) is 0 Å². The van der Waals surface area contributed by atoms with Gasteiger partial charge < -0.3 is 19.9 Å². The highest BCUT2D eigenvalue weighted by Crippen LogP contribution is 2.35. The lowest BCUT2D eigenvalue weighted by atomic mass is 9.99. The first-order chi connectivity index (χ1) is 18.0. The molecular formula is C30H39N3O4S. The number of likely N-dealkylation sites (N-methyl/N-ethyl adjacent to an activating group) is 1. The average Bonchev–Trinajstić information content (AvgIpc) is 3.30. The Hall–Kier alpha value is -3.23. The van der Waals surface area contributed by atoms with Gasteiger partial charge in [0, 0.05) is 23.7 Å². The molecule has 204 valence electrons. The van der Waals surface area contributed by atoms with Gasteiger partial charge in [0.05, 0.1) is 12.5 Å². The molecule has 2 N–H and O–H groups in total. The summed E-state index contributed by atoms with van der Waals surface area (Å²) >= 11 is 1.54. The summed E-state index contributed by atoms with van der Waals surface area (Å²) in [4.78, 5) is 41.5. The maximum absolute atomic E-state index is 13.6. The summed E-state index contributed by atoms with van der Waals surface area (Å²) in [6.45, 7) is 8.93. The highest BCUT2D eigenvalue weighted by atomic mass is 32.1. The minimum Gasteiger partial charge on any atom is -0.481 e. The van der Waals surface area contributed by atoms with Crippen molar-refractivity contribution in [2.45, 2.75) is 59.0 Å². The number of rotatable bonds is 12. The molecule has 2 atom stereocenters. The highest BCUT2D eigenvalue weighted by Gasteiger charge is 2.27. The lowest BCUT2D eigenvalue weighted by Crippen LogP contribution is -2.40. The molecule has 0 saturated heterocycles. The van der Waals surface area contributed by atoms with Gasteiger partial charge >= 0.3 is 5.97 Å². The van der Waals surface area contributed by atoms with Gasteiger partial charge in [-0.3, -0.25) is 14.4 Å². The predicted octanol–water partition coefficient (Wildman–Crippen LogP) is 5.22. The molecule has 2 heterocycles. The van der Waals surface area contributed by atoms with E-state index >= 15 is 0 Å². The van der Waals surface area contributed by atoms with E-state index < -0.39 is 18.1 Å². The number of pyridine rings is 1. The third-order valence-corrected chi connectivity index (χ3v) is 7.60. The number of carbonyl (C=O) groups is 2. The maximum atomic E-state index is 13.6. The van der Waals surface area contributed by atoms with E-state index in [1.54, 1.807) is 12.3 Å². The van der Waals surface area contributed by atoms with E-state index in [9.17, 15) is 19.5 Å². The molecule has 2 aromatic heterocycles. The normalized spacial score (nSPS) is 13.1. The van der Waals surface area contributed by atoms with Crippen molar-refractivity contribution in [3.8, 4) is 10.4 Å². The molecule has 0 aliphatic rings. The van der Waals surface area contributed by atoms with Crippen LogP contribution >= 0.6 is 11.3 Å². The molecule has 3 aromatic rings. The zero-order valence-electron chi connectivity index (χ0n) is 23.2. The maximum Gasteiger partial charge on any atom is 0.305 e. The summed E-state index contributed by atoms with van der Waals surface area (Å²) in [5.41, 5.74) is 4.85. The number of aryl methyl sites for hydroxylation is 2. The number of carboxylic acids is 1. The van der Waals surface area contributed by atoms with Crippen molar-refractivity contribution in [2.75, 3.05) is 20.6 Å². The van der Waals surface area contributed by atoms with Gasteiger partial charge in [-0.25, -0.2) is 0 Å². The van der Waals surface area contributed by atoms with Crippen molar-refractivity contribution >= 4 is 23.2 Å². The van der Waals surface area contributed by atoms with E-state index in [2.05, 4.69) is 36.2 Å². The number of nitrogens with one attached hydrogen (secondary N) is 1. The number of carbonyl (C=O) groups excluding carboxylic acids is 1. The Morgan fingerprint density at radius 2 is 1.79 bits per heavy atom. The number of thiophene rings is 1. The Labute approximate surface area is 229 Å². The minimum absolute atomic E-state index is 0.153. The SMILES string of the molecule is Cc1cccc(C)c1-c1cc([C@H](CC(=O)O)NC(=O)[C@H](CC(C)C)n2ccc(CCN(C)C)cc2=O)cs1. The second-order valence-corrected chi connectivity index (χ2v) is 11.6. The van der Waals surface area contributed by atoms with Crippen molar-refractivity contribution in [1.29, 1.82) is 0 Å². The Kier molecular flexibility index (Phi) is 10.1. The summed E-state index contributed by atoms with van der Waals surface area (Å²) in [5, 5.41) is 14.5. The molecule has 0 radical (unpaired) electrons. The van der Waals surface area contributed by atoms with Crippen LogP contribution < -0.4 is 10.9 Å². The first-order valence-corrected chi connectivity index (χ1v) is 13.9. The van der Waals surface area contributed by atoms with E-state index in [0.29, 0.717) is 6.42 Å². The van der Waals surface area contributed by atoms with Crippen LogP contribution in [0.15, 0.2) is 52.8 Å². The van der Waals surface area contributed by atoms with Gasteiger partial charge in [-0.05, 0) is 92.0 Å². The van der Waals surface area contributed by atoms with Gasteiger partial charge in [0.1, 0.15) is 6.04 Å². The smallest absolute Gasteiger partial charge is 0.305 e. The lowest BCUT2D eigenvalue weighted by molar-refractivity contribution is -0.138. The fraction of sp³-hybridized carbons (Fsp3) is 0.433. The Bertz CT molecular complexity index is 1300. The van der Waals surface area contributed by atoms with Gasteiger partial charge in [0.2, 0.25) is 5.91 Å². The summed E-state index contributed by atoms with van der Waals surface area (Å²) in [6, 6.07) is 10.1. The van der Waals surface area contributed by atoms with Crippen LogP contribution in [0.2, 0.25) is 0 Å². The van der Waals surface area contributed by atoms with Gasteiger partial charge in [0.15, 0.2) is 0 Å². The van der Waals surface area contributed by atoms with Crippen LogP contribution in [0, 0.1) is 19.8 Å².